The van der Waals surface area contributed by atoms with Gasteiger partial charge >= 0.3 is 0 Å². The van der Waals surface area contributed by atoms with Crippen LogP contribution < -0.4 is 0 Å². The van der Waals surface area contributed by atoms with E-state index in [1.807, 2.05) is 7.05 Å². The molecule has 1 heterocycles. The predicted octanol–water partition coefficient (Wildman–Crippen LogP) is 2.61. The summed E-state index contributed by atoms with van der Waals surface area (Å²) in [6, 6.07) is 0. The molecule has 1 atom stereocenters. The first-order valence-electron chi connectivity index (χ1n) is 6.62. The molecule has 5 heteroatoms. The van der Waals surface area contributed by atoms with E-state index in [4.69, 9.17) is 11.6 Å². The molecule has 0 amide bonds. The fourth-order valence-corrected chi connectivity index (χ4v) is 1.97. The van der Waals surface area contributed by atoms with Crippen molar-refractivity contribution in [3.8, 4) is 0 Å². The molecule has 1 rings (SSSR count). The Labute approximate surface area is 114 Å². The van der Waals surface area contributed by atoms with Gasteiger partial charge in [-0.15, -0.1) is 0 Å². The molecule has 0 fully saturated rings. The van der Waals surface area contributed by atoms with Crippen LogP contribution in [-0.2, 0) is 13.0 Å². The van der Waals surface area contributed by atoms with Gasteiger partial charge in [-0.25, -0.2) is 4.98 Å². The topological polar surface area (TPSA) is 52.1 Å². The molecule has 1 aromatic rings. The number of rotatable bonds is 8. The van der Waals surface area contributed by atoms with Crippen molar-refractivity contribution in [1.29, 1.82) is 0 Å². The largest absolute Gasteiger partial charge is 0.393 e. The molecule has 18 heavy (non-hydrogen) atoms. The number of aliphatic hydroxyl groups is 1. The Morgan fingerprint density at radius 2 is 2.22 bits per heavy atom. The summed E-state index contributed by atoms with van der Waals surface area (Å²) in [5.74, 6) is 0.973. The van der Waals surface area contributed by atoms with Gasteiger partial charge in [-0.1, -0.05) is 24.9 Å². The van der Waals surface area contributed by atoms with Gasteiger partial charge in [-0.05, 0) is 26.8 Å². The van der Waals surface area contributed by atoms with Crippen molar-refractivity contribution in [1.82, 2.24) is 14.9 Å². The van der Waals surface area contributed by atoms with Crippen LogP contribution in [0.2, 0.25) is 5.15 Å². The number of unbranched alkanes of at least 4 members (excludes halogenated alkanes) is 1. The highest BCUT2D eigenvalue weighted by Gasteiger charge is 2.10. The number of aromatic amines is 1. The third-order valence-corrected chi connectivity index (χ3v) is 3.21. The third-order valence-electron chi connectivity index (χ3n) is 2.90. The standard InChI is InChI=1S/C13H24ClN3O/c1-4-5-6-12-15-11(13(14)16-12)9-17(3)8-7-10(2)18/h10,18H,4-9H2,1-3H3,(H,15,16). The highest BCUT2D eigenvalue weighted by molar-refractivity contribution is 6.30. The first-order valence-corrected chi connectivity index (χ1v) is 7.00. The Balaban J connectivity index is 2.47. The van der Waals surface area contributed by atoms with Gasteiger partial charge in [0.15, 0.2) is 5.15 Å². The fourth-order valence-electron chi connectivity index (χ4n) is 1.76. The van der Waals surface area contributed by atoms with Crippen molar-refractivity contribution in [3.05, 3.63) is 16.7 Å². The van der Waals surface area contributed by atoms with Gasteiger partial charge in [0.1, 0.15) is 5.82 Å². The average molecular weight is 274 g/mol. The molecule has 0 aliphatic carbocycles. The maximum Gasteiger partial charge on any atom is 0.151 e. The molecule has 2 N–H and O–H groups in total. The lowest BCUT2D eigenvalue weighted by molar-refractivity contribution is 0.162. The molecule has 4 nitrogen and oxygen atoms in total. The minimum atomic E-state index is -0.259. The molecular weight excluding hydrogens is 250 g/mol. The Morgan fingerprint density at radius 1 is 1.50 bits per heavy atom. The van der Waals surface area contributed by atoms with E-state index in [1.54, 1.807) is 6.92 Å². The van der Waals surface area contributed by atoms with Crippen LogP contribution in [0, 0.1) is 0 Å². The molecule has 0 bridgehead atoms. The molecular formula is C13H24ClN3O. The van der Waals surface area contributed by atoms with Crippen molar-refractivity contribution in [2.24, 2.45) is 0 Å². The molecule has 1 unspecified atom stereocenters. The summed E-state index contributed by atoms with van der Waals surface area (Å²) in [7, 11) is 2.02. The number of imidazole rings is 1. The zero-order chi connectivity index (χ0) is 13.5. The molecule has 0 saturated heterocycles. The number of hydrogen-bond donors (Lipinski definition) is 2. The molecule has 0 aromatic carbocycles. The van der Waals surface area contributed by atoms with E-state index in [9.17, 15) is 5.11 Å². The van der Waals surface area contributed by atoms with Crippen molar-refractivity contribution >= 4 is 11.6 Å². The molecule has 0 saturated carbocycles. The zero-order valence-corrected chi connectivity index (χ0v) is 12.3. The van der Waals surface area contributed by atoms with Gasteiger partial charge in [0, 0.05) is 19.5 Å². The Kier molecular flexibility index (Phi) is 6.68. The quantitative estimate of drug-likeness (QED) is 0.766. The van der Waals surface area contributed by atoms with Crippen LogP contribution in [0.1, 0.15) is 44.6 Å². The maximum atomic E-state index is 9.25. The fraction of sp³-hybridized carbons (Fsp3) is 0.769. The summed E-state index contributed by atoms with van der Waals surface area (Å²) in [6.07, 6.45) is 3.74. The summed E-state index contributed by atoms with van der Waals surface area (Å²) in [5, 5.41) is 9.82. The monoisotopic (exact) mass is 273 g/mol. The van der Waals surface area contributed by atoms with Crippen LogP contribution in [-0.4, -0.2) is 39.7 Å². The van der Waals surface area contributed by atoms with Gasteiger partial charge in [0.05, 0.1) is 11.8 Å². The van der Waals surface area contributed by atoms with Gasteiger partial charge in [-0.2, -0.15) is 0 Å². The molecule has 0 radical (unpaired) electrons. The van der Waals surface area contributed by atoms with Crippen molar-refractivity contribution in [3.63, 3.8) is 0 Å². The summed E-state index contributed by atoms with van der Waals surface area (Å²) in [5.41, 5.74) is 0.968. The third kappa shape index (κ3) is 5.38. The smallest absolute Gasteiger partial charge is 0.151 e. The van der Waals surface area contributed by atoms with E-state index < -0.39 is 0 Å². The van der Waals surface area contributed by atoms with E-state index in [-0.39, 0.29) is 6.10 Å². The maximum absolute atomic E-state index is 9.25. The zero-order valence-electron chi connectivity index (χ0n) is 11.5. The van der Waals surface area contributed by atoms with Crippen LogP contribution in [0.5, 0.6) is 0 Å². The van der Waals surface area contributed by atoms with E-state index in [0.717, 1.165) is 50.3 Å². The van der Waals surface area contributed by atoms with Crippen LogP contribution in [0.15, 0.2) is 0 Å². The van der Waals surface area contributed by atoms with Crippen LogP contribution in [0.25, 0.3) is 0 Å². The molecule has 0 aliphatic heterocycles. The lowest BCUT2D eigenvalue weighted by atomic mass is 10.2. The van der Waals surface area contributed by atoms with E-state index in [0.29, 0.717) is 5.15 Å². The van der Waals surface area contributed by atoms with E-state index in [1.165, 1.54) is 0 Å². The second-order valence-corrected chi connectivity index (χ2v) is 5.29. The average Bonchev–Trinajstić information content (AvgIpc) is 2.65. The highest BCUT2D eigenvalue weighted by atomic mass is 35.5. The summed E-state index contributed by atoms with van der Waals surface area (Å²) >= 11 is 6.11. The summed E-state index contributed by atoms with van der Waals surface area (Å²) in [4.78, 5) is 9.75. The first-order chi connectivity index (χ1) is 8.52. The van der Waals surface area contributed by atoms with Crippen molar-refractivity contribution in [2.75, 3.05) is 13.6 Å². The predicted molar refractivity (Wildman–Crippen MR) is 74.8 cm³/mol. The van der Waals surface area contributed by atoms with Crippen molar-refractivity contribution in [2.45, 2.75) is 52.2 Å². The molecule has 104 valence electrons. The second kappa shape index (κ2) is 7.77. The number of aryl methyl sites for hydroxylation is 1. The van der Waals surface area contributed by atoms with Crippen LogP contribution >= 0.6 is 11.6 Å². The van der Waals surface area contributed by atoms with Gasteiger partial charge in [0.25, 0.3) is 0 Å². The number of nitrogens with zero attached hydrogens (tertiary/aromatic N) is 2. The van der Waals surface area contributed by atoms with Gasteiger partial charge < -0.3 is 15.0 Å². The molecule has 0 aliphatic rings. The minimum Gasteiger partial charge on any atom is -0.393 e. The number of nitrogens with one attached hydrogen (secondary N) is 1. The molecule has 0 spiro atoms. The molecule has 1 aromatic heterocycles. The number of aliphatic hydroxyl groups excluding tert-OH is 1. The van der Waals surface area contributed by atoms with E-state index in [2.05, 4.69) is 21.8 Å². The first kappa shape index (κ1) is 15.5. The number of H-pyrrole nitrogens is 1. The van der Waals surface area contributed by atoms with Crippen molar-refractivity contribution < 1.29 is 5.11 Å². The van der Waals surface area contributed by atoms with Crippen LogP contribution in [0.4, 0.5) is 0 Å². The van der Waals surface area contributed by atoms with Gasteiger partial charge in [-0.3, -0.25) is 0 Å². The van der Waals surface area contributed by atoms with Gasteiger partial charge in [0.2, 0.25) is 0 Å². The SMILES string of the molecule is CCCCc1nc(Cl)c(CN(C)CCC(C)O)[nH]1. The summed E-state index contributed by atoms with van der Waals surface area (Å²) < 4.78 is 0. The highest BCUT2D eigenvalue weighted by Crippen LogP contribution is 2.16. The number of hydrogen-bond acceptors (Lipinski definition) is 3. The lowest BCUT2D eigenvalue weighted by Crippen LogP contribution is -2.22. The Morgan fingerprint density at radius 3 is 2.83 bits per heavy atom. The Hall–Kier alpha value is -0.580. The van der Waals surface area contributed by atoms with E-state index >= 15 is 0 Å². The summed E-state index contributed by atoms with van der Waals surface area (Å²) in [6.45, 7) is 5.55. The Bertz CT molecular complexity index is 352. The normalized spacial score (nSPS) is 13.2. The number of aromatic nitrogens is 2. The second-order valence-electron chi connectivity index (χ2n) is 4.93. The minimum absolute atomic E-state index is 0.259. The van der Waals surface area contributed by atoms with Crippen LogP contribution in [0.3, 0.4) is 0 Å². The number of halogens is 1. The lowest BCUT2D eigenvalue weighted by Gasteiger charge is -2.16.